The zero-order valence-electron chi connectivity index (χ0n) is 18.9. The van der Waals surface area contributed by atoms with Crippen molar-refractivity contribution in [1.29, 1.82) is 0 Å². The molecule has 1 aliphatic heterocycles. The van der Waals surface area contributed by atoms with E-state index in [-0.39, 0.29) is 16.2 Å². The van der Waals surface area contributed by atoms with Crippen molar-refractivity contribution in [1.82, 2.24) is 4.67 Å². The Morgan fingerprint density at radius 1 is 0.759 bits per heavy atom. The van der Waals surface area contributed by atoms with Gasteiger partial charge in [-0.2, -0.15) is 0 Å². The van der Waals surface area contributed by atoms with Gasteiger partial charge in [0.15, 0.2) is 0 Å². The van der Waals surface area contributed by atoms with E-state index in [9.17, 15) is 0 Å². The van der Waals surface area contributed by atoms with E-state index in [0.717, 1.165) is 24.3 Å². The molecule has 154 valence electrons. The largest absolute Gasteiger partial charge is 0.426 e. The first kappa shape index (κ1) is 19.4. The lowest BCUT2D eigenvalue weighted by Gasteiger charge is -2.37. The van der Waals surface area contributed by atoms with E-state index in [0.29, 0.717) is 0 Å². The van der Waals surface area contributed by atoms with E-state index in [1.807, 2.05) is 14.1 Å². The van der Waals surface area contributed by atoms with Gasteiger partial charge in [-0.1, -0.05) is 52.0 Å². The summed E-state index contributed by atoms with van der Waals surface area (Å²) >= 11 is 0. The number of hydrogen-bond donors (Lipinski definition) is 0. The first-order valence-corrected chi connectivity index (χ1v) is 11.7. The van der Waals surface area contributed by atoms with Crippen molar-refractivity contribution < 1.29 is 9.05 Å². The second-order valence-corrected chi connectivity index (χ2v) is 12.4. The number of aryl methyl sites for hydroxylation is 2. The zero-order chi connectivity index (χ0) is 20.9. The van der Waals surface area contributed by atoms with Crippen molar-refractivity contribution in [3.63, 3.8) is 0 Å². The van der Waals surface area contributed by atoms with Gasteiger partial charge in [0.05, 0.1) is 0 Å². The lowest BCUT2D eigenvalue weighted by atomic mass is 9.71. The van der Waals surface area contributed by atoms with Crippen LogP contribution in [0.15, 0.2) is 24.3 Å². The minimum atomic E-state index is -1.22. The van der Waals surface area contributed by atoms with Gasteiger partial charge in [-0.15, -0.1) is 0 Å². The molecule has 2 aliphatic carbocycles. The predicted octanol–water partition coefficient (Wildman–Crippen LogP) is 6.51. The Bertz CT molecular complexity index is 958. The van der Waals surface area contributed by atoms with Crippen LogP contribution in [0.1, 0.15) is 73.9 Å². The summed E-state index contributed by atoms with van der Waals surface area (Å²) < 4.78 is 15.5. The fourth-order valence-electron chi connectivity index (χ4n) is 6.27. The number of nitrogens with zero attached hydrogens (tertiary/aromatic N) is 1. The average Bonchev–Trinajstić information content (AvgIpc) is 2.95. The molecule has 0 saturated heterocycles. The van der Waals surface area contributed by atoms with Gasteiger partial charge >= 0.3 is 8.53 Å². The van der Waals surface area contributed by atoms with Crippen molar-refractivity contribution in [3.8, 4) is 11.5 Å². The van der Waals surface area contributed by atoms with Gasteiger partial charge < -0.3 is 9.05 Å². The summed E-state index contributed by atoms with van der Waals surface area (Å²) in [5, 5.41) is 0. The smallest absolute Gasteiger partial charge is 0.384 e. The molecule has 3 aliphatic rings. The molecular weight excluding hydrogens is 377 g/mol. The number of hydrogen-bond acceptors (Lipinski definition) is 3. The van der Waals surface area contributed by atoms with Gasteiger partial charge in [0.1, 0.15) is 11.5 Å². The molecule has 1 heterocycles. The Morgan fingerprint density at radius 2 is 1.17 bits per heavy atom. The average molecular weight is 410 g/mol. The molecule has 2 aromatic carbocycles. The monoisotopic (exact) mass is 409 g/mol. The maximum Gasteiger partial charge on any atom is 0.384 e. The molecule has 0 N–H and O–H groups in total. The summed E-state index contributed by atoms with van der Waals surface area (Å²) in [5.41, 5.74) is 8.33. The van der Waals surface area contributed by atoms with Crippen LogP contribution in [0.5, 0.6) is 11.5 Å². The van der Waals surface area contributed by atoms with Crippen LogP contribution in [-0.2, 0) is 16.2 Å². The van der Waals surface area contributed by atoms with Gasteiger partial charge in [-0.05, 0) is 73.9 Å². The predicted molar refractivity (Wildman–Crippen MR) is 120 cm³/mol. The third-order valence-electron chi connectivity index (χ3n) is 7.28. The third-order valence-corrected chi connectivity index (χ3v) is 8.61. The maximum atomic E-state index is 6.71. The van der Waals surface area contributed by atoms with Crippen LogP contribution in [0.3, 0.4) is 0 Å². The van der Waals surface area contributed by atoms with Gasteiger partial charge in [0, 0.05) is 16.5 Å². The summed E-state index contributed by atoms with van der Waals surface area (Å²) in [5.74, 6) is 2.12. The van der Waals surface area contributed by atoms with Gasteiger partial charge in [0.25, 0.3) is 0 Å². The SMILES string of the molecule is Cc1ccc2c3c1OP(N(C)C)Oc1c(C)ccc4c1C3(CC2(C)C)CC4(C)C. The second-order valence-electron chi connectivity index (χ2n) is 10.7. The van der Waals surface area contributed by atoms with Crippen LogP contribution < -0.4 is 9.05 Å². The molecule has 0 atom stereocenters. The summed E-state index contributed by atoms with van der Waals surface area (Å²) in [4.78, 5) is 0. The molecule has 0 radical (unpaired) electrons. The van der Waals surface area contributed by atoms with Crippen LogP contribution in [0.4, 0.5) is 0 Å². The molecule has 0 amide bonds. The summed E-state index contributed by atoms with van der Waals surface area (Å²) in [6, 6.07) is 9.18. The van der Waals surface area contributed by atoms with Crippen LogP contribution in [0.25, 0.3) is 0 Å². The first-order valence-electron chi connectivity index (χ1n) is 10.6. The van der Waals surface area contributed by atoms with E-state index in [1.165, 1.54) is 33.4 Å². The molecule has 1 spiro atoms. The van der Waals surface area contributed by atoms with Gasteiger partial charge in [-0.25, -0.2) is 4.67 Å². The molecule has 5 rings (SSSR count). The Kier molecular flexibility index (Phi) is 3.86. The van der Waals surface area contributed by atoms with Crippen molar-refractivity contribution >= 4 is 8.53 Å². The minimum absolute atomic E-state index is 0.0475. The molecule has 29 heavy (non-hydrogen) atoms. The molecule has 0 unspecified atom stereocenters. The Balaban J connectivity index is 1.95. The molecular formula is C25H32NO2P. The summed E-state index contributed by atoms with van der Waals surface area (Å²) in [6.07, 6.45) is 2.20. The third kappa shape index (κ3) is 2.44. The van der Waals surface area contributed by atoms with Crippen LogP contribution in [0.2, 0.25) is 0 Å². The first-order chi connectivity index (χ1) is 13.5. The Hall–Kier alpha value is -1.57. The highest BCUT2D eigenvalue weighted by Crippen LogP contribution is 2.69. The standard InChI is InChI=1S/C25H32NO2P/c1-15-9-11-17-19-21(15)27-29(26(7)8)28-22-16(2)10-12-18-20(22)25(19,13-23(17,3)4)14-24(18,5)6/h9-12H,13-14H2,1-8H3. The van der Waals surface area contributed by atoms with Gasteiger partial charge in [-0.3, -0.25) is 0 Å². The lowest BCUT2D eigenvalue weighted by molar-refractivity contribution is 0.332. The van der Waals surface area contributed by atoms with E-state index in [2.05, 4.69) is 70.5 Å². The molecule has 0 saturated carbocycles. The van der Waals surface area contributed by atoms with Crippen LogP contribution in [-0.4, -0.2) is 18.8 Å². The number of benzene rings is 2. The van der Waals surface area contributed by atoms with E-state index in [4.69, 9.17) is 9.05 Å². The maximum absolute atomic E-state index is 6.71. The number of rotatable bonds is 1. The normalized spacial score (nSPS) is 22.4. The second kappa shape index (κ2) is 5.77. The summed E-state index contributed by atoms with van der Waals surface area (Å²) in [7, 11) is 2.88. The van der Waals surface area contributed by atoms with Crippen molar-refractivity contribution in [3.05, 3.63) is 57.6 Å². The highest BCUT2D eigenvalue weighted by Gasteiger charge is 2.60. The fourth-order valence-corrected chi connectivity index (χ4v) is 7.41. The molecule has 2 aromatic rings. The van der Waals surface area contributed by atoms with E-state index < -0.39 is 8.53 Å². The quantitative estimate of drug-likeness (QED) is 0.501. The van der Waals surface area contributed by atoms with Crippen LogP contribution >= 0.6 is 8.53 Å². The lowest BCUT2D eigenvalue weighted by Crippen LogP contribution is -2.29. The molecule has 0 fully saturated rings. The van der Waals surface area contributed by atoms with Crippen LogP contribution in [0, 0.1) is 13.8 Å². The summed E-state index contributed by atoms with van der Waals surface area (Å²) in [6.45, 7) is 13.9. The van der Waals surface area contributed by atoms with Crippen molar-refractivity contribution in [2.24, 2.45) is 0 Å². The Labute approximate surface area is 176 Å². The van der Waals surface area contributed by atoms with Crippen molar-refractivity contribution in [2.75, 3.05) is 14.1 Å². The van der Waals surface area contributed by atoms with Gasteiger partial charge in [0.2, 0.25) is 0 Å². The topological polar surface area (TPSA) is 21.7 Å². The molecule has 0 aromatic heterocycles. The molecule has 3 nitrogen and oxygen atoms in total. The highest BCUT2D eigenvalue weighted by molar-refractivity contribution is 7.45. The van der Waals surface area contributed by atoms with E-state index >= 15 is 0 Å². The Morgan fingerprint density at radius 3 is 1.55 bits per heavy atom. The minimum Gasteiger partial charge on any atom is -0.426 e. The zero-order valence-corrected chi connectivity index (χ0v) is 19.8. The van der Waals surface area contributed by atoms with E-state index in [1.54, 1.807) is 0 Å². The molecule has 4 heteroatoms. The highest BCUT2D eigenvalue weighted by atomic mass is 31.2. The molecule has 0 bridgehead atoms. The van der Waals surface area contributed by atoms with Crippen molar-refractivity contribution in [2.45, 2.75) is 70.6 Å². The fraction of sp³-hybridized carbons (Fsp3) is 0.520.